The fraction of sp³-hybridized carbons (Fsp3) is 0.706. The van der Waals surface area contributed by atoms with E-state index in [1.165, 1.54) is 30.6 Å². The van der Waals surface area contributed by atoms with Crippen molar-refractivity contribution in [3.05, 3.63) is 11.6 Å². The van der Waals surface area contributed by atoms with Gasteiger partial charge in [-0.1, -0.05) is 6.42 Å². The van der Waals surface area contributed by atoms with Gasteiger partial charge in [0.25, 0.3) is 0 Å². The van der Waals surface area contributed by atoms with Gasteiger partial charge in [0.15, 0.2) is 5.13 Å². The number of nitrogens with zero attached hydrogens (tertiary/aromatic N) is 2. The molecule has 0 aromatic carbocycles. The van der Waals surface area contributed by atoms with Gasteiger partial charge < -0.3 is 10.2 Å². The van der Waals surface area contributed by atoms with Crippen molar-refractivity contribution in [2.24, 2.45) is 23.7 Å². The molecule has 1 aromatic rings. The van der Waals surface area contributed by atoms with Crippen LogP contribution in [0.3, 0.4) is 0 Å². The fourth-order valence-corrected chi connectivity index (χ4v) is 5.20. The molecule has 1 saturated heterocycles. The molecule has 0 spiro atoms. The van der Waals surface area contributed by atoms with Crippen LogP contribution in [-0.2, 0) is 9.59 Å². The molecule has 3 fully saturated rings. The molecule has 6 heteroatoms. The summed E-state index contributed by atoms with van der Waals surface area (Å²) in [6.45, 7) is 1.39. The molecule has 5 nitrogen and oxygen atoms in total. The zero-order valence-corrected chi connectivity index (χ0v) is 14.1. The van der Waals surface area contributed by atoms with Gasteiger partial charge in [-0.3, -0.25) is 9.59 Å². The van der Waals surface area contributed by atoms with Gasteiger partial charge in [0.1, 0.15) is 0 Å². The third-order valence-corrected chi connectivity index (χ3v) is 6.51. The molecule has 2 heterocycles. The van der Waals surface area contributed by atoms with E-state index in [1.54, 1.807) is 6.20 Å². The molecule has 3 aliphatic rings. The average Bonchev–Trinajstić information content (AvgIpc) is 3.32. The zero-order chi connectivity index (χ0) is 15.8. The Kier molecular flexibility index (Phi) is 4.09. The fourth-order valence-electron chi connectivity index (χ4n) is 4.67. The van der Waals surface area contributed by atoms with Crippen LogP contribution in [0.2, 0.25) is 0 Å². The Balaban J connectivity index is 1.37. The van der Waals surface area contributed by atoms with Crippen molar-refractivity contribution in [2.75, 3.05) is 18.4 Å². The summed E-state index contributed by atoms with van der Waals surface area (Å²) < 4.78 is 0. The molecule has 2 saturated carbocycles. The van der Waals surface area contributed by atoms with Crippen molar-refractivity contribution in [3.8, 4) is 0 Å². The SMILES string of the molecule is O=C(Nc1nccs1)[C@@H]1CCCN(C(=O)[C@@H]2C[C@H]3CC[C@H]2C3)C1. The molecule has 2 aliphatic carbocycles. The summed E-state index contributed by atoms with van der Waals surface area (Å²) in [6.07, 6.45) is 8.33. The smallest absolute Gasteiger partial charge is 0.231 e. The monoisotopic (exact) mass is 333 g/mol. The van der Waals surface area contributed by atoms with Gasteiger partial charge >= 0.3 is 0 Å². The summed E-state index contributed by atoms with van der Waals surface area (Å²) in [5.74, 6) is 1.83. The van der Waals surface area contributed by atoms with Crippen LogP contribution in [0.15, 0.2) is 11.6 Å². The van der Waals surface area contributed by atoms with E-state index in [2.05, 4.69) is 10.3 Å². The Bertz CT molecular complexity index is 589. The molecular formula is C17H23N3O2S. The van der Waals surface area contributed by atoms with Crippen LogP contribution in [0.4, 0.5) is 5.13 Å². The molecule has 4 rings (SSSR count). The first-order chi connectivity index (χ1) is 11.2. The number of piperidine rings is 1. The Morgan fingerprint density at radius 2 is 2.17 bits per heavy atom. The molecule has 23 heavy (non-hydrogen) atoms. The average molecular weight is 333 g/mol. The molecule has 2 amide bonds. The number of fused-ring (bicyclic) bond motifs is 2. The molecule has 1 aliphatic heterocycles. The van der Waals surface area contributed by atoms with Crippen molar-refractivity contribution >= 4 is 28.3 Å². The highest BCUT2D eigenvalue weighted by Crippen LogP contribution is 2.49. The van der Waals surface area contributed by atoms with Crippen LogP contribution in [0, 0.1) is 23.7 Å². The summed E-state index contributed by atoms with van der Waals surface area (Å²) in [5.41, 5.74) is 0. The number of hydrogen-bond acceptors (Lipinski definition) is 4. The van der Waals surface area contributed by atoms with Crippen molar-refractivity contribution in [1.29, 1.82) is 0 Å². The van der Waals surface area contributed by atoms with Crippen LogP contribution in [0.25, 0.3) is 0 Å². The number of rotatable bonds is 3. The number of hydrogen-bond donors (Lipinski definition) is 1. The Labute approximate surface area is 140 Å². The van der Waals surface area contributed by atoms with E-state index >= 15 is 0 Å². The summed E-state index contributed by atoms with van der Waals surface area (Å²) in [7, 11) is 0. The zero-order valence-electron chi connectivity index (χ0n) is 13.2. The molecule has 124 valence electrons. The van der Waals surface area contributed by atoms with Crippen LogP contribution in [0.1, 0.15) is 38.5 Å². The van der Waals surface area contributed by atoms with E-state index in [9.17, 15) is 9.59 Å². The Morgan fingerprint density at radius 3 is 2.87 bits per heavy atom. The normalized spacial score (nSPS) is 33.0. The summed E-state index contributed by atoms with van der Waals surface area (Å²) in [6, 6.07) is 0. The number of nitrogens with one attached hydrogen (secondary N) is 1. The van der Waals surface area contributed by atoms with Crippen molar-refractivity contribution in [1.82, 2.24) is 9.88 Å². The van der Waals surface area contributed by atoms with E-state index in [1.807, 2.05) is 10.3 Å². The van der Waals surface area contributed by atoms with Crippen molar-refractivity contribution in [2.45, 2.75) is 38.5 Å². The summed E-state index contributed by atoms with van der Waals surface area (Å²) in [4.78, 5) is 31.3. The van der Waals surface area contributed by atoms with Gasteiger partial charge in [-0.25, -0.2) is 4.98 Å². The Hall–Kier alpha value is -1.43. The third-order valence-electron chi connectivity index (χ3n) is 5.82. The lowest BCUT2D eigenvalue weighted by molar-refractivity contribution is -0.140. The predicted octanol–water partition coefficient (Wildman–Crippen LogP) is 2.76. The number of carbonyl (C=O) groups is 2. The maximum absolute atomic E-state index is 12.9. The van der Waals surface area contributed by atoms with Gasteiger partial charge in [0.2, 0.25) is 11.8 Å². The lowest BCUT2D eigenvalue weighted by Crippen LogP contribution is -2.46. The number of thiazole rings is 1. The summed E-state index contributed by atoms with van der Waals surface area (Å²) in [5, 5.41) is 5.37. The standard InChI is InChI=1S/C17H23N3O2S/c21-15(19-17-18-5-7-23-17)13-2-1-6-20(10-13)16(22)14-9-11-3-4-12(14)8-11/h5,7,11-14H,1-4,6,8-10H2,(H,18,19,21)/t11-,12-,13+,14+/m0/s1. The predicted molar refractivity (Wildman–Crippen MR) is 89.0 cm³/mol. The van der Waals surface area contributed by atoms with Gasteiger partial charge in [-0.2, -0.15) is 0 Å². The van der Waals surface area contributed by atoms with E-state index in [4.69, 9.17) is 0 Å². The minimum absolute atomic E-state index is 0.00499. The van der Waals surface area contributed by atoms with Gasteiger partial charge in [-0.15, -0.1) is 11.3 Å². The molecule has 0 radical (unpaired) electrons. The number of carbonyl (C=O) groups excluding carboxylic acids is 2. The van der Waals surface area contributed by atoms with Gasteiger partial charge in [-0.05, 0) is 43.9 Å². The molecule has 1 N–H and O–H groups in total. The van der Waals surface area contributed by atoms with Crippen molar-refractivity contribution < 1.29 is 9.59 Å². The number of likely N-dealkylation sites (tertiary alicyclic amines) is 1. The second-order valence-corrected chi connectivity index (χ2v) is 8.13. The van der Waals surface area contributed by atoms with E-state index < -0.39 is 0 Å². The minimum atomic E-state index is -0.102. The minimum Gasteiger partial charge on any atom is -0.342 e. The molecule has 0 unspecified atom stereocenters. The second kappa shape index (κ2) is 6.23. The second-order valence-electron chi connectivity index (χ2n) is 7.23. The molecule has 1 aromatic heterocycles. The Morgan fingerprint density at radius 1 is 1.26 bits per heavy atom. The first-order valence-corrected chi connectivity index (χ1v) is 9.58. The first-order valence-electron chi connectivity index (χ1n) is 8.70. The van der Waals surface area contributed by atoms with E-state index in [0.717, 1.165) is 31.7 Å². The maximum atomic E-state index is 12.9. The highest BCUT2D eigenvalue weighted by Gasteiger charge is 2.45. The third kappa shape index (κ3) is 3.01. The molecule has 2 bridgehead atoms. The molecule has 4 atom stereocenters. The van der Waals surface area contributed by atoms with Crippen LogP contribution < -0.4 is 5.32 Å². The number of amides is 2. The van der Waals surface area contributed by atoms with Gasteiger partial charge in [0, 0.05) is 30.6 Å². The van der Waals surface area contributed by atoms with E-state index in [-0.39, 0.29) is 17.7 Å². The summed E-state index contributed by atoms with van der Waals surface area (Å²) >= 11 is 1.43. The highest BCUT2D eigenvalue weighted by molar-refractivity contribution is 7.13. The maximum Gasteiger partial charge on any atom is 0.231 e. The first kappa shape index (κ1) is 15.1. The molecular weight excluding hydrogens is 310 g/mol. The van der Waals surface area contributed by atoms with Crippen LogP contribution in [0.5, 0.6) is 0 Å². The lowest BCUT2D eigenvalue weighted by Gasteiger charge is -2.35. The van der Waals surface area contributed by atoms with E-state index in [0.29, 0.717) is 23.5 Å². The van der Waals surface area contributed by atoms with Gasteiger partial charge in [0.05, 0.1) is 5.92 Å². The topological polar surface area (TPSA) is 62.3 Å². The number of aromatic nitrogens is 1. The highest BCUT2D eigenvalue weighted by atomic mass is 32.1. The lowest BCUT2D eigenvalue weighted by atomic mass is 9.86. The van der Waals surface area contributed by atoms with Crippen molar-refractivity contribution in [3.63, 3.8) is 0 Å². The number of anilines is 1. The largest absolute Gasteiger partial charge is 0.342 e. The van der Waals surface area contributed by atoms with Crippen LogP contribution in [-0.4, -0.2) is 34.8 Å². The quantitative estimate of drug-likeness (QED) is 0.925. The van der Waals surface area contributed by atoms with Crippen LogP contribution >= 0.6 is 11.3 Å².